The zero-order valence-electron chi connectivity index (χ0n) is 11.5. The second kappa shape index (κ2) is 5.14. The second-order valence-electron chi connectivity index (χ2n) is 4.98. The highest BCUT2D eigenvalue weighted by Crippen LogP contribution is 2.29. The third-order valence-electron chi connectivity index (χ3n) is 3.40. The lowest BCUT2D eigenvalue weighted by Gasteiger charge is -2.37. The molecule has 4 heteroatoms. The third-order valence-corrected chi connectivity index (χ3v) is 3.40. The highest BCUT2D eigenvalue weighted by atomic mass is 19.1. The van der Waals surface area contributed by atoms with Crippen LogP contribution < -0.4 is 10.2 Å². The summed E-state index contributed by atoms with van der Waals surface area (Å²) in [6.45, 7) is 7.32. The molecule has 1 aromatic carbocycles. The Hall–Kier alpha value is -1.29. The number of nitrogens with zero attached hydrogens (tertiary/aromatic N) is 1. The molecular formula is C14H21FN2O. The van der Waals surface area contributed by atoms with Gasteiger partial charge in [-0.1, -0.05) is 0 Å². The molecule has 1 N–H and O–H groups in total. The number of benzene rings is 1. The van der Waals surface area contributed by atoms with Crippen molar-refractivity contribution in [2.75, 3.05) is 30.4 Å². The highest BCUT2D eigenvalue weighted by molar-refractivity contribution is 5.61. The molecule has 18 heavy (non-hydrogen) atoms. The summed E-state index contributed by atoms with van der Waals surface area (Å²) in [4.78, 5) is 2.07. The van der Waals surface area contributed by atoms with Gasteiger partial charge < -0.3 is 15.0 Å². The topological polar surface area (TPSA) is 24.5 Å². The monoisotopic (exact) mass is 252 g/mol. The predicted molar refractivity (Wildman–Crippen MR) is 72.9 cm³/mol. The number of hydrogen-bond donors (Lipinski definition) is 1. The highest BCUT2D eigenvalue weighted by Gasteiger charge is 2.25. The number of ether oxygens (including phenoxy) is 1. The first-order valence-corrected chi connectivity index (χ1v) is 6.40. The van der Waals surface area contributed by atoms with Gasteiger partial charge in [-0.2, -0.15) is 0 Å². The number of anilines is 2. The van der Waals surface area contributed by atoms with Gasteiger partial charge in [-0.25, -0.2) is 4.39 Å². The minimum atomic E-state index is -0.136. The standard InChI is InChI=1S/C14H21FN2O/c1-9-7-17(8-10(2)18-9)13-6-5-12(16-4)11(3)14(13)15/h5-6,9-10,16H,7-8H2,1-4H3. The lowest BCUT2D eigenvalue weighted by molar-refractivity contribution is -0.00539. The molecule has 1 fully saturated rings. The number of hydrogen-bond acceptors (Lipinski definition) is 3. The minimum Gasteiger partial charge on any atom is -0.388 e. The van der Waals surface area contributed by atoms with Gasteiger partial charge >= 0.3 is 0 Å². The van der Waals surface area contributed by atoms with Gasteiger partial charge in [0, 0.05) is 31.4 Å². The number of rotatable bonds is 2. The Morgan fingerprint density at radius 3 is 2.44 bits per heavy atom. The molecule has 1 aliphatic heterocycles. The molecule has 1 saturated heterocycles. The molecule has 0 bridgehead atoms. The third kappa shape index (κ3) is 2.43. The van der Waals surface area contributed by atoms with E-state index in [0.29, 0.717) is 11.3 Å². The maximum atomic E-state index is 14.4. The molecule has 0 aliphatic carbocycles. The summed E-state index contributed by atoms with van der Waals surface area (Å²) in [5, 5.41) is 3.00. The van der Waals surface area contributed by atoms with Crippen LogP contribution in [-0.2, 0) is 4.74 Å². The Labute approximate surface area is 108 Å². The fraction of sp³-hybridized carbons (Fsp3) is 0.571. The molecular weight excluding hydrogens is 231 g/mol. The number of nitrogens with one attached hydrogen (secondary N) is 1. The van der Waals surface area contributed by atoms with E-state index in [2.05, 4.69) is 10.2 Å². The lowest BCUT2D eigenvalue weighted by Crippen LogP contribution is -2.45. The van der Waals surface area contributed by atoms with Crippen molar-refractivity contribution < 1.29 is 9.13 Å². The first-order chi connectivity index (χ1) is 8.52. The van der Waals surface area contributed by atoms with Gasteiger partial charge in [-0.3, -0.25) is 0 Å². The summed E-state index contributed by atoms with van der Waals surface area (Å²) < 4.78 is 20.0. The van der Waals surface area contributed by atoms with Gasteiger partial charge in [0.25, 0.3) is 0 Å². The van der Waals surface area contributed by atoms with Crippen LogP contribution >= 0.6 is 0 Å². The molecule has 2 rings (SSSR count). The van der Waals surface area contributed by atoms with E-state index in [1.54, 1.807) is 14.0 Å². The van der Waals surface area contributed by atoms with Crippen molar-refractivity contribution in [2.24, 2.45) is 0 Å². The van der Waals surface area contributed by atoms with E-state index >= 15 is 0 Å². The van der Waals surface area contributed by atoms with Crippen LogP contribution in [0.1, 0.15) is 19.4 Å². The summed E-state index contributed by atoms with van der Waals surface area (Å²) >= 11 is 0. The normalized spacial score (nSPS) is 24.2. The molecule has 100 valence electrons. The number of morpholine rings is 1. The Kier molecular flexibility index (Phi) is 3.76. The van der Waals surface area contributed by atoms with Gasteiger partial charge in [0.05, 0.1) is 17.9 Å². The fourth-order valence-electron chi connectivity index (χ4n) is 2.56. The van der Waals surface area contributed by atoms with E-state index in [0.717, 1.165) is 18.8 Å². The average Bonchev–Trinajstić information content (AvgIpc) is 2.31. The Morgan fingerprint density at radius 1 is 1.28 bits per heavy atom. The van der Waals surface area contributed by atoms with Crippen LogP contribution in [0.4, 0.5) is 15.8 Å². The lowest BCUT2D eigenvalue weighted by atomic mass is 10.1. The van der Waals surface area contributed by atoms with Gasteiger partial charge in [0.2, 0.25) is 0 Å². The van der Waals surface area contributed by atoms with Gasteiger partial charge in [0.1, 0.15) is 0 Å². The van der Waals surface area contributed by atoms with Crippen LogP contribution in [0.15, 0.2) is 12.1 Å². The summed E-state index contributed by atoms with van der Waals surface area (Å²) in [6.07, 6.45) is 0.273. The molecule has 0 radical (unpaired) electrons. The van der Waals surface area contributed by atoms with Gasteiger partial charge in [0.15, 0.2) is 5.82 Å². The first kappa shape index (κ1) is 13.1. The van der Waals surface area contributed by atoms with Crippen LogP contribution in [0.25, 0.3) is 0 Å². The molecule has 0 saturated carbocycles. The van der Waals surface area contributed by atoms with Crippen LogP contribution in [0, 0.1) is 12.7 Å². The molecule has 2 atom stereocenters. The molecule has 0 spiro atoms. The van der Waals surface area contributed by atoms with Crippen molar-refractivity contribution in [1.82, 2.24) is 0 Å². The molecule has 0 aromatic heterocycles. The zero-order valence-corrected chi connectivity index (χ0v) is 11.5. The van der Waals surface area contributed by atoms with Crippen molar-refractivity contribution in [3.63, 3.8) is 0 Å². The van der Waals surface area contributed by atoms with Crippen molar-refractivity contribution in [2.45, 2.75) is 33.0 Å². The zero-order chi connectivity index (χ0) is 13.3. The molecule has 1 aliphatic rings. The smallest absolute Gasteiger partial charge is 0.151 e. The summed E-state index contributed by atoms with van der Waals surface area (Å²) in [5.74, 6) is -0.136. The fourth-order valence-corrected chi connectivity index (χ4v) is 2.56. The maximum Gasteiger partial charge on any atom is 0.151 e. The molecule has 3 nitrogen and oxygen atoms in total. The van der Waals surface area contributed by atoms with Crippen LogP contribution in [0.2, 0.25) is 0 Å². The predicted octanol–water partition coefficient (Wildman–Crippen LogP) is 2.79. The van der Waals surface area contributed by atoms with Crippen molar-refractivity contribution in [3.05, 3.63) is 23.5 Å². The van der Waals surface area contributed by atoms with Gasteiger partial charge in [-0.15, -0.1) is 0 Å². The van der Waals surface area contributed by atoms with Crippen LogP contribution in [0.5, 0.6) is 0 Å². The SMILES string of the molecule is CNc1ccc(N2CC(C)OC(C)C2)c(F)c1C. The van der Waals surface area contributed by atoms with Crippen LogP contribution in [0.3, 0.4) is 0 Å². The molecule has 1 aromatic rings. The van der Waals surface area contributed by atoms with E-state index in [9.17, 15) is 4.39 Å². The molecule has 0 amide bonds. The maximum absolute atomic E-state index is 14.4. The molecule has 2 unspecified atom stereocenters. The number of halogens is 1. The van der Waals surface area contributed by atoms with E-state index < -0.39 is 0 Å². The van der Waals surface area contributed by atoms with E-state index in [-0.39, 0.29) is 18.0 Å². The van der Waals surface area contributed by atoms with Gasteiger partial charge in [-0.05, 0) is 32.9 Å². The summed E-state index contributed by atoms with van der Waals surface area (Å²) in [7, 11) is 1.81. The summed E-state index contributed by atoms with van der Waals surface area (Å²) in [5.41, 5.74) is 2.18. The second-order valence-corrected chi connectivity index (χ2v) is 4.98. The Morgan fingerprint density at radius 2 is 1.89 bits per heavy atom. The van der Waals surface area contributed by atoms with Crippen molar-refractivity contribution in [1.29, 1.82) is 0 Å². The van der Waals surface area contributed by atoms with Crippen LogP contribution in [-0.4, -0.2) is 32.3 Å². The van der Waals surface area contributed by atoms with Crippen molar-refractivity contribution in [3.8, 4) is 0 Å². The van der Waals surface area contributed by atoms with E-state index in [4.69, 9.17) is 4.74 Å². The van der Waals surface area contributed by atoms with Crippen molar-refractivity contribution >= 4 is 11.4 Å². The quantitative estimate of drug-likeness (QED) is 0.876. The minimum absolute atomic E-state index is 0.136. The first-order valence-electron chi connectivity index (χ1n) is 6.40. The largest absolute Gasteiger partial charge is 0.388 e. The Balaban J connectivity index is 2.30. The average molecular weight is 252 g/mol. The summed E-state index contributed by atoms with van der Waals surface area (Å²) in [6, 6.07) is 3.78. The molecule has 1 heterocycles. The van der Waals surface area contributed by atoms with E-state index in [1.807, 2.05) is 26.0 Å². The Bertz CT molecular complexity index is 426. The van der Waals surface area contributed by atoms with E-state index in [1.165, 1.54) is 0 Å².